The Morgan fingerprint density at radius 3 is 2.78 bits per heavy atom. The van der Waals surface area contributed by atoms with Crippen molar-refractivity contribution in [2.75, 3.05) is 18.4 Å². The van der Waals surface area contributed by atoms with Crippen LogP contribution in [0.4, 0.5) is 5.69 Å². The lowest BCUT2D eigenvalue weighted by molar-refractivity contribution is -0.133. The van der Waals surface area contributed by atoms with E-state index in [-0.39, 0.29) is 11.9 Å². The Balaban J connectivity index is 1.92. The normalized spacial score (nSPS) is 21.4. The highest BCUT2D eigenvalue weighted by Crippen LogP contribution is 2.17. The van der Waals surface area contributed by atoms with Crippen molar-refractivity contribution in [1.29, 1.82) is 0 Å². The van der Waals surface area contributed by atoms with E-state index in [1.165, 1.54) is 6.42 Å². The lowest BCUT2D eigenvalue weighted by Gasteiger charge is -2.33. The van der Waals surface area contributed by atoms with Crippen molar-refractivity contribution in [3.63, 3.8) is 0 Å². The van der Waals surface area contributed by atoms with Crippen molar-refractivity contribution in [3.05, 3.63) is 30.3 Å². The molecule has 0 spiro atoms. The number of hydrogen-bond acceptors (Lipinski definition) is 2. The number of anilines is 1. The van der Waals surface area contributed by atoms with Gasteiger partial charge in [-0.2, -0.15) is 0 Å². The number of amides is 1. The standard InChI is InChI=1S/C15H22N2O/c1-12-7-6-10-17(11-12)15(18)13(2)16-14-8-4-3-5-9-14/h3-5,8-9,12-13,16H,6-7,10-11H2,1-2H3. The highest BCUT2D eigenvalue weighted by atomic mass is 16.2. The first-order chi connectivity index (χ1) is 8.66. The molecule has 0 aliphatic carbocycles. The van der Waals surface area contributed by atoms with Gasteiger partial charge in [-0.3, -0.25) is 4.79 Å². The van der Waals surface area contributed by atoms with E-state index in [0.717, 1.165) is 25.2 Å². The minimum atomic E-state index is -0.155. The van der Waals surface area contributed by atoms with E-state index >= 15 is 0 Å². The lowest BCUT2D eigenvalue weighted by atomic mass is 10.00. The molecule has 18 heavy (non-hydrogen) atoms. The zero-order valence-corrected chi connectivity index (χ0v) is 11.2. The summed E-state index contributed by atoms with van der Waals surface area (Å²) in [5.74, 6) is 0.844. The number of rotatable bonds is 3. The van der Waals surface area contributed by atoms with Gasteiger partial charge in [-0.25, -0.2) is 0 Å². The minimum Gasteiger partial charge on any atom is -0.374 e. The van der Waals surface area contributed by atoms with Crippen LogP contribution in [-0.2, 0) is 4.79 Å². The summed E-state index contributed by atoms with van der Waals surface area (Å²) in [7, 11) is 0. The molecule has 0 saturated carbocycles. The second-order valence-corrected chi connectivity index (χ2v) is 5.26. The molecule has 2 unspecified atom stereocenters. The van der Waals surface area contributed by atoms with Crippen molar-refractivity contribution >= 4 is 11.6 Å². The van der Waals surface area contributed by atoms with Crippen LogP contribution in [0.15, 0.2) is 30.3 Å². The highest BCUT2D eigenvalue weighted by molar-refractivity contribution is 5.84. The molecule has 1 N–H and O–H groups in total. The molecule has 0 aromatic heterocycles. The van der Waals surface area contributed by atoms with Gasteiger partial charge in [0.2, 0.25) is 5.91 Å². The van der Waals surface area contributed by atoms with E-state index < -0.39 is 0 Å². The summed E-state index contributed by atoms with van der Waals surface area (Å²) in [6.07, 6.45) is 2.37. The zero-order chi connectivity index (χ0) is 13.0. The van der Waals surface area contributed by atoms with Crippen molar-refractivity contribution in [2.45, 2.75) is 32.7 Å². The van der Waals surface area contributed by atoms with Crippen molar-refractivity contribution < 1.29 is 4.79 Å². The summed E-state index contributed by atoms with van der Waals surface area (Å²) in [5.41, 5.74) is 1.00. The summed E-state index contributed by atoms with van der Waals surface area (Å²) >= 11 is 0. The van der Waals surface area contributed by atoms with Crippen LogP contribution >= 0.6 is 0 Å². The molecule has 3 nitrogen and oxygen atoms in total. The maximum absolute atomic E-state index is 12.3. The third-order valence-electron chi connectivity index (χ3n) is 3.50. The third kappa shape index (κ3) is 3.25. The van der Waals surface area contributed by atoms with Crippen LogP contribution in [0.5, 0.6) is 0 Å². The Morgan fingerprint density at radius 2 is 2.11 bits per heavy atom. The Bertz CT molecular complexity index is 391. The molecule has 0 bridgehead atoms. The smallest absolute Gasteiger partial charge is 0.244 e. The molecule has 1 fully saturated rings. The van der Waals surface area contributed by atoms with Gasteiger partial charge in [-0.05, 0) is 37.8 Å². The average molecular weight is 246 g/mol. The van der Waals surface area contributed by atoms with Gasteiger partial charge in [-0.15, -0.1) is 0 Å². The van der Waals surface area contributed by atoms with Crippen LogP contribution in [-0.4, -0.2) is 29.9 Å². The number of nitrogens with zero attached hydrogens (tertiary/aromatic N) is 1. The largest absolute Gasteiger partial charge is 0.374 e. The number of piperidine rings is 1. The Morgan fingerprint density at radius 1 is 1.39 bits per heavy atom. The number of carbonyl (C=O) groups is 1. The van der Waals surface area contributed by atoms with Crippen molar-refractivity contribution in [3.8, 4) is 0 Å². The van der Waals surface area contributed by atoms with Crippen LogP contribution < -0.4 is 5.32 Å². The van der Waals surface area contributed by atoms with E-state index in [1.807, 2.05) is 42.2 Å². The van der Waals surface area contributed by atoms with Gasteiger partial charge < -0.3 is 10.2 Å². The number of nitrogens with one attached hydrogen (secondary N) is 1. The fourth-order valence-corrected chi connectivity index (χ4v) is 2.51. The number of benzene rings is 1. The molecule has 1 saturated heterocycles. The van der Waals surface area contributed by atoms with Crippen LogP contribution in [0.2, 0.25) is 0 Å². The first kappa shape index (κ1) is 12.9. The molecule has 1 aliphatic rings. The fourth-order valence-electron chi connectivity index (χ4n) is 2.51. The predicted octanol–water partition coefficient (Wildman–Crippen LogP) is 2.75. The Kier molecular flexibility index (Phi) is 4.24. The summed E-state index contributed by atoms with van der Waals surface area (Å²) in [5, 5.41) is 3.26. The molecule has 3 heteroatoms. The first-order valence-corrected chi connectivity index (χ1v) is 6.77. The molecule has 1 aromatic carbocycles. The number of hydrogen-bond donors (Lipinski definition) is 1. The lowest BCUT2D eigenvalue weighted by Crippen LogP contribution is -2.45. The third-order valence-corrected chi connectivity index (χ3v) is 3.50. The molecule has 98 valence electrons. The highest BCUT2D eigenvalue weighted by Gasteiger charge is 2.24. The van der Waals surface area contributed by atoms with Gasteiger partial charge in [0.15, 0.2) is 0 Å². The molecule has 0 radical (unpaired) electrons. The average Bonchev–Trinajstić information content (AvgIpc) is 2.39. The van der Waals surface area contributed by atoms with Crippen LogP contribution in [0.1, 0.15) is 26.7 Å². The molecule has 1 amide bonds. The molecular formula is C15H22N2O. The summed E-state index contributed by atoms with van der Waals surface area (Å²) in [4.78, 5) is 14.3. The molecule has 1 aliphatic heterocycles. The van der Waals surface area contributed by atoms with Crippen molar-refractivity contribution in [1.82, 2.24) is 4.90 Å². The predicted molar refractivity (Wildman–Crippen MR) is 74.5 cm³/mol. The van der Waals surface area contributed by atoms with E-state index in [9.17, 15) is 4.79 Å². The molecular weight excluding hydrogens is 224 g/mol. The number of carbonyl (C=O) groups excluding carboxylic acids is 1. The second kappa shape index (κ2) is 5.89. The van der Waals surface area contributed by atoms with Crippen LogP contribution in [0.3, 0.4) is 0 Å². The Labute approximate surface area is 109 Å². The molecule has 1 aromatic rings. The number of likely N-dealkylation sites (tertiary alicyclic amines) is 1. The Hall–Kier alpha value is -1.51. The maximum Gasteiger partial charge on any atom is 0.244 e. The van der Waals surface area contributed by atoms with Gasteiger partial charge >= 0.3 is 0 Å². The number of para-hydroxylation sites is 1. The zero-order valence-electron chi connectivity index (χ0n) is 11.2. The molecule has 2 atom stereocenters. The van der Waals surface area contributed by atoms with E-state index in [0.29, 0.717) is 5.92 Å². The van der Waals surface area contributed by atoms with Gasteiger partial charge in [-0.1, -0.05) is 25.1 Å². The van der Waals surface area contributed by atoms with E-state index in [1.54, 1.807) is 0 Å². The summed E-state index contributed by atoms with van der Waals surface area (Å²) in [6, 6.07) is 9.75. The van der Waals surface area contributed by atoms with Gasteiger partial charge in [0.05, 0.1) is 0 Å². The first-order valence-electron chi connectivity index (χ1n) is 6.77. The quantitative estimate of drug-likeness (QED) is 0.889. The monoisotopic (exact) mass is 246 g/mol. The summed E-state index contributed by atoms with van der Waals surface area (Å²) < 4.78 is 0. The SMILES string of the molecule is CC1CCCN(C(=O)C(C)Nc2ccccc2)C1. The van der Waals surface area contributed by atoms with Crippen LogP contribution in [0.25, 0.3) is 0 Å². The summed E-state index contributed by atoms with van der Waals surface area (Å²) in [6.45, 7) is 5.97. The van der Waals surface area contributed by atoms with Crippen molar-refractivity contribution in [2.24, 2.45) is 5.92 Å². The van der Waals surface area contributed by atoms with E-state index in [4.69, 9.17) is 0 Å². The maximum atomic E-state index is 12.3. The fraction of sp³-hybridized carbons (Fsp3) is 0.533. The van der Waals surface area contributed by atoms with Crippen LogP contribution in [0, 0.1) is 5.92 Å². The minimum absolute atomic E-state index is 0.155. The second-order valence-electron chi connectivity index (χ2n) is 5.26. The molecule has 1 heterocycles. The topological polar surface area (TPSA) is 32.3 Å². The van der Waals surface area contributed by atoms with E-state index in [2.05, 4.69) is 12.2 Å². The van der Waals surface area contributed by atoms with Gasteiger partial charge in [0, 0.05) is 18.8 Å². The van der Waals surface area contributed by atoms with Gasteiger partial charge in [0.25, 0.3) is 0 Å². The van der Waals surface area contributed by atoms with Gasteiger partial charge in [0.1, 0.15) is 6.04 Å². The molecule has 2 rings (SSSR count).